The molecule has 1 aromatic carbocycles. The molecule has 0 unspecified atom stereocenters. The molecule has 0 amide bonds. The zero-order valence-electron chi connectivity index (χ0n) is 10.2. The first-order valence-electron chi connectivity index (χ1n) is 5.82. The van der Waals surface area contributed by atoms with E-state index in [9.17, 15) is 0 Å². The Bertz CT molecular complexity index is 474. The molecule has 0 spiro atoms. The van der Waals surface area contributed by atoms with Crippen LogP contribution in [0, 0.1) is 0 Å². The Morgan fingerprint density at radius 1 is 1.18 bits per heavy atom. The Labute approximate surface area is 101 Å². The van der Waals surface area contributed by atoms with Gasteiger partial charge in [-0.25, -0.2) is 0 Å². The van der Waals surface area contributed by atoms with Crippen LogP contribution in [-0.4, -0.2) is 10.1 Å². The van der Waals surface area contributed by atoms with E-state index < -0.39 is 0 Å². The quantitative estimate of drug-likeness (QED) is 0.821. The van der Waals surface area contributed by atoms with Gasteiger partial charge in [-0.3, -0.25) is 0 Å². The molecule has 1 heterocycles. The minimum atomic E-state index is 0.309. The van der Waals surface area contributed by atoms with Gasteiger partial charge in [-0.2, -0.15) is 4.98 Å². The predicted octanol–water partition coefficient (Wildman–Crippen LogP) is 2.56. The number of aryl methyl sites for hydroxylation is 2. The minimum Gasteiger partial charge on any atom is -0.399 e. The van der Waals surface area contributed by atoms with Gasteiger partial charge in [-0.15, -0.1) is 0 Å². The van der Waals surface area contributed by atoms with Crippen LogP contribution < -0.4 is 5.73 Å². The normalized spacial score (nSPS) is 11.0. The number of benzene rings is 1. The molecule has 0 saturated carbocycles. The Morgan fingerprint density at radius 2 is 1.88 bits per heavy atom. The van der Waals surface area contributed by atoms with E-state index in [1.165, 1.54) is 5.56 Å². The molecule has 0 fully saturated rings. The summed E-state index contributed by atoms with van der Waals surface area (Å²) in [6.45, 7) is 4.10. The number of anilines is 1. The molecule has 17 heavy (non-hydrogen) atoms. The summed E-state index contributed by atoms with van der Waals surface area (Å²) >= 11 is 0. The number of hydrogen-bond acceptors (Lipinski definition) is 4. The van der Waals surface area contributed by atoms with Crippen molar-refractivity contribution in [3.63, 3.8) is 0 Å². The summed E-state index contributed by atoms with van der Waals surface area (Å²) in [7, 11) is 0. The lowest BCUT2D eigenvalue weighted by atomic mass is 10.1. The molecule has 0 atom stereocenters. The van der Waals surface area contributed by atoms with E-state index in [1.807, 2.05) is 24.3 Å². The van der Waals surface area contributed by atoms with Crippen LogP contribution in [0.2, 0.25) is 0 Å². The van der Waals surface area contributed by atoms with Crippen LogP contribution in [-0.2, 0) is 12.8 Å². The number of hydrogen-bond donors (Lipinski definition) is 1. The van der Waals surface area contributed by atoms with E-state index in [0.29, 0.717) is 11.8 Å². The molecule has 1 aromatic heterocycles. The zero-order valence-corrected chi connectivity index (χ0v) is 10.2. The van der Waals surface area contributed by atoms with Crippen LogP contribution in [0.5, 0.6) is 0 Å². The first-order valence-corrected chi connectivity index (χ1v) is 5.82. The topological polar surface area (TPSA) is 64.9 Å². The maximum Gasteiger partial charge on any atom is 0.226 e. The third-order valence-electron chi connectivity index (χ3n) is 2.61. The second-order valence-electron chi connectivity index (χ2n) is 4.44. The van der Waals surface area contributed by atoms with Gasteiger partial charge in [0.25, 0.3) is 0 Å². The van der Waals surface area contributed by atoms with Gasteiger partial charge in [0.2, 0.25) is 5.89 Å². The molecular formula is C13H17N3O. The maximum absolute atomic E-state index is 5.63. The van der Waals surface area contributed by atoms with Gasteiger partial charge in [0.1, 0.15) is 0 Å². The average molecular weight is 231 g/mol. The lowest BCUT2D eigenvalue weighted by Crippen LogP contribution is -1.94. The van der Waals surface area contributed by atoms with E-state index in [2.05, 4.69) is 24.0 Å². The van der Waals surface area contributed by atoms with Crippen LogP contribution in [0.25, 0.3) is 0 Å². The molecule has 2 aromatic rings. The molecule has 4 heteroatoms. The molecule has 4 nitrogen and oxygen atoms in total. The average Bonchev–Trinajstić information content (AvgIpc) is 2.77. The zero-order chi connectivity index (χ0) is 12.3. The molecule has 0 bridgehead atoms. The highest BCUT2D eigenvalue weighted by Gasteiger charge is 2.09. The van der Waals surface area contributed by atoms with Crippen molar-refractivity contribution in [1.29, 1.82) is 0 Å². The van der Waals surface area contributed by atoms with Crippen LogP contribution in [0.3, 0.4) is 0 Å². The summed E-state index contributed by atoms with van der Waals surface area (Å²) in [4.78, 5) is 4.34. The summed E-state index contributed by atoms with van der Waals surface area (Å²) < 4.78 is 5.19. The SMILES string of the molecule is CC(C)c1noc(CCc2ccc(N)cc2)n1. The highest BCUT2D eigenvalue weighted by Crippen LogP contribution is 2.12. The molecule has 2 rings (SSSR count). The molecule has 0 aliphatic heterocycles. The summed E-state index contributed by atoms with van der Waals surface area (Å²) in [5, 5.41) is 3.94. The van der Waals surface area contributed by atoms with Crippen LogP contribution in [0.1, 0.15) is 37.0 Å². The van der Waals surface area contributed by atoms with E-state index >= 15 is 0 Å². The van der Waals surface area contributed by atoms with Gasteiger partial charge in [0, 0.05) is 18.0 Å². The fraction of sp³-hybridized carbons (Fsp3) is 0.385. The first-order chi connectivity index (χ1) is 8.15. The van der Waals surface area contributed by atoms with Gasteiger partial charge >= 0.3 is 0 Å². The van der Waals surface area contributed by atoms with Gasteiger partial charge in [0.05, 0.1) is 0 Å². The molecule has 0 radical (unpaired) electrons. The maximum atomic E-state index is 5.63. The van der Waals surface area contributed by atoms with Crippen molar-refractivity contribution in [2.24, 2.45) is 0 Å². The number of rotatable bonds is 4. The third kappa shape index (κ3) is 3.06. The van der Waals surface area contributed by atoms with Gasteiger partial charge < -0.3 is 10.3 Å². The Balaban J connectivity index is 1.95. The highest BCUT2D eigenvalue weighted by molar-refractivity contribution is 5.39. The van der Waals surface area contributed by atoms with E-state index in [-0.39, 0.29) is 0 Å². The smallest absolute Gasteiger partial charge is 0.226 e. The summed E-state index contributed by atoms with van der Waals surface area (Å²) in [6.07, 6.45) is 1.66. The number of nitrogen functional groups attached to an aromatic ring is 1. The fourth-order valence-corrected chi connectivity index (χ4v) is 1.54. The van der Waals surface area contributed by atoms with Crippen LogP contribution in [0.15, 0.2) is 28.8 Å². The molecule has 90 valence electrons. The first kappa shape index (κ1) is 11.6. The van der Waals surface area contributed by atoms with Gasteiger partial charge in [0.15, 0.2) is 5.82 Å². The number of aromatic nitrogens is 2. The van der Waals surface area contributed by atoms with Crippen LogP contribution in [0.4, 0.5) is 5.69 Å². The molecule has 0 aliphatic carbocycles. The van der Waals surface area contributed by atoms with Crippen molar-refractivity contribution in [2.45, 2.75) is 32.6 Å². The van der Waals surface area contributed by atoms with E-state index in [4.69, 9.17) is 10.3 Å². The van der Waals surface area contributed by atoms with E-state index in [0.717, 1.165) is 24.4 Å². The Morgan fingerprint density at radius 3 is 2.47 bits per heavy atom. The largest absolute Gasteiger partial charge is 0.399 e. The standard InChI is InChI=1S/C13H17N3O/c1-9(2)13-15-12(17-16-13)8-5-10-3-6-11(14)7-4-10/h3-4,6-7,9H,5,8,14H2,1-2H3. The van der Waals surface area contributed by atoms with Crippen molar-refractivity contribution in [3.05, 3.63) is 41.5 Å². The highest BCUT2D eigenvalue weighted by atomic mass is 16.5. The van der Waals surface area contributed by atoms with Crippen molar-refractivity contribution in [3.8, 4) is 0 Å². The summed E-state index contributed by atoms with van der Waals surface area (Å²) in [5.41, 5.74) is 7.64. The lowest BCUT2D eigenvalue weighted by Gasteiger charge is -1.98. The number of nitrogens with zero attached hydrogens (tertiary/aromatic N) is 2. The van der Waals surface area contributed by atoms with E-state index in [1.54, 1.807) is 0 Å². The number of nitrogens with two attached hydrogens (primary N) is 1. The monoisotopic (exact) mass is 231 g/mol. The van der Waals surface area contributed by atoms with Gasteiger partial charge in [-0.1, -0.05) is 31.1 Å². The van der Waals surface area contributed by atoms with Crippen molar-refractivity contribution >= 4 is 5.69 Å². The van der Waals surface area contributed by atoms with Gasteiger partial charge in [-0.05, 0) is 24.1 Å². The second kappa shape index (κ2) is 4.99. The van der Waals surface area contributed by atoms with Crippen molar-refractivity contribution in [2.75, 3.05) is 5.73 Å². The summed E-state index contributed by atoms with van der Waals surface area (Å²) in [6, 6.07) is 7.86. The fourth-order valence-electron chi connectivity index (χ4n) is 1.54. The molecule has 0 aliphatic rings. The second-order valence-corrected chi connectivity index (χ2v) is 4.44. The lowest BCUT2D eigenvalue weighted by molar-refractivity contribution is 0.371. The van der Waals surface area contributed by atoms with Crippen molar-refractivity contribution < 1.29 is 4.52 Å². The third-order valence-corrected chi connectivity index (χ3v) is 2.61. The van der Waals surface area contributed by atoms with Crippen LogP contribution >= 0.6 is 0 Å². The Hall–Kier alpha value is -1.84. The predicted molar refractivity (Wildman–Crippen MR) is 66.6 cm³/mol. The Kier molecular flexibility index (Phi) is 3.42. The van der Waals surface area contributed by atoms with Crippen molar-refractivity contribution in [1.82, 2.24) is 10.1 Å². The molecule has 0 saturated heterocycles. The summed E-state index contributed by atoms with van der Waals surface area (Å²) in [5.74, 6) is 1.78. The molecular weight excluding hydrogens is 214 g/mol. The molecule has 2 N–H and O–H groups in total. The minimum absolute atomic E-state index is 0.309.